The minimum Gasteiger partial charge on any atom is -0.481 e. The third-order valence-electron chi connectivity index (χ3n) is 4.43. The van der Waals surface area contributed by atoms with Gasteiger partial charge in [0.1, 0.15) is 5.69 Å². The molecule has 0 radical (unpaired) electrons. The Morgan fingerprint density at radius 1 is 1.35 bits per heavy atom. The van der Waals surface area contributed by atoms with Gasteiger partial charge in [-0.3, -0.25) is 9.59 Å². The summed E-state index contributed by atoms with van der Waals surface area (Å²) in [5, 5.41) is 9.82. The molecule has 1 amide bonds. The van der Waals surface area contributed by atoms with Gasteiger partial charge in [0.05, 0.1) is 4.47 Å². The van der Waals surface area contributed by atoms with Gasteiger partial charge in [0.2, 0.25) is 0 Å². The number of fused-ring (bicyclic) bond motifs is 1. The van der Waals surface area contributed by atoms with E-state index in [0.29, 0.717) is 18.7 Å². The smallest absolute Gasteiger partial charge is 0.303 e. The van der Waals surface area contributed by atoms with E-state index in [2.05, 4.69) is 20.9 Å². The maximum atomic E-state index is 12.8. The van der Waals surface area contributed by atoms with Crippen LogP contribution in [0, 0.1) is 5.92 Å². The first kappa shape index (κ1) is 16.1. The number of aliphatic carboxylic acids is 1. The van der Waals surface area contributed by atoms with Crippen molar-refractivity contribution in [2.45, 2.75) is 25.7 Å². The zero-order chi connectivity index (χ0) is 16.4. The van der Waals surface area contributed by atoms with Crippen LogP contribution < -0.4 is 0 Å². The largest absolute Gasteiger partial charge is 0.481 e. The van der Waals surface area contributed by atoms with E-state index in [1.54, 1.807) is 0 Å². The molecule has 2 aromatic rings. The van der Waals surface area contributed by atoms with Gasteiger partial charge in [-0.25, -0.2) is 0 Å². The molecule has 0 unspecified atom stereocenters. The molecule has 2 heterocycles. The SMILES string of the molecule is O=C(O)CC[C@H]1CCCN(C(=O)c2[nH]c3ccccc3c2Br)C1. The molecule has 0 saturated carbocycles. The Balaban J connectivity index is 1.76. The quantitative estimate of drug-likeness (QED) is 0.852. The lowest BCUT2D eigenvalue weighted by Gasteiger charge is -2.32. The molecule has 1 saturated heterocycles. The lowest BCUT2D eigenvalue weighted by molar-refractivity contribution is -0.137. The molecule has 1 fully saturated rings. The van der Waals surface area contributed by atoms with Crippen LogP contribution in [0.5, 0.6) is 0 Å². The van der Waals surface area contributed by atoms with Crippen LogP contribution in [0.3, 0.4) is 0 Å². The van der Waals surface area contributed by atoms with Crippen molar-refractivity contribution in [1.82, 2.24) is 9.88 Å². The summed E-state index contributed by atoms with van der Waals surface area (Å²) in [6, 6.07) is 7.79. The summed E-state index contributed by atoms with van der Waals surface area (Å²) < 4.78 is 0.797. The van der Waals surface area contributed by atoms with Gasteiger partial charge in [-0.1, -0.05) is 18.2 Å². The monoisotopic (exact) mass is 378 g/mol. The van der Waals surface area contributed by atoms with E-state index < -0.39 is 5.97 Å². The van der Waals surface area contributed by atoms with Gasteiger partial charge >= 0.3 is 5.97 Å². The highest BCUT2D eigenvalue weighted by atomic mass is 79.9. The summed E-state index contributed by atoms with van der Waals surface area (Å²) in [6.45, 7) is 1.36. The number of para-hydroxylation sites is 1. The summed E-state index contributed by atoms with van der Waals surface area (Å²) in [5.41, 5.74) is 1.51. The first-order valence-electron chi connectivity index (χ1n) is 7.83. The van der Waals surface area contributed by atoms with Gasteiger partial charge in [-0.15, -0.1) is 0 Å². The van der Waals surface area contributed by atoms with Crippen molar-refractivity contribution in [3.63, 3.8) is 0 Å². The van der Waals surface area contributed by atoms with Crippen LogP contribution in [-0.4, -0.2) is 40.0 Å². The van der Waals surface area contributed by atoms with E-state index in [4.69, 9.17) is 5.11 Å². The average molecular weight is 379 g/mol. The van der Waals surface area contributed by atoms with Crippen LogP contribution >= 0.6 is 15.9 Å². The Hall–Kier alpha value is -1.82. The minimum atomic E-state index is -0.771. The predicted octanol–water partition coefficient (Wildman–Crippen LogP) is 3.65. The van der Waals surface area contributed by atoms with Crippen LogP contribution in [0.1, 0.15) is 36.2 Å². The number of amides is 1. The number of benzene rings is 1. The first-order valence-corrected chi connectivity index (χ1v) is 8.63. The van der Waals surface area contributed by atoms with E-state index in [9.17, 15) is 9.59 Å². The number of likely N-dealkylation sites (tertiary alicyclic amines) is 1. The van der Waals surface area contributed by atoms with Gasteiger partial charge in [0, 0.05) is 30.4 Å². The van der Waals surface area contributed by atoms with Gasteiger partial charge in [0.25, 0.3) is 5.91 Å². The number of aromatic nitrogens is 1. The molecule has 0 bridgehead atoms. The lowest BCUT2D eigenvalue weighted by Crippen LogP contribution is -2.40. The predicted molar refractivity (Wildman–Crippen MR) is 91.5 cm³/mol. The minimum absolute atomic E-state index is 0.0203. The molecule has 0 spiro atoms. The second-order valence-electron chi connectivity index (χ2n) is 6.05. The lowest BCUT2D eigenvalue weighted by atomic mass is 9.93. The number of aromatic amines is 1. The first-order chi connectivity index (χ1) is 11.1. The number of carbonyl (C=O) groups excluding carboxylic acids is 1. The highest BCUT2D eigenvalue weighted by molar-refractivity contribution is 9.10. The molecule has 1 aromatic carbocycles. The highest BCUT2D eigenvalue weighted by Crippen LogP contribution is 2.30. The van der Waals surface area contributed by atoms with Crippen molar-refractivity contribution in [3.8, 4) is 0 Å². The summed E-state index contributed by atoms with van der Waals surface area (Å²) in [7, 11) is 0. The van der Waals surface area contributed by atoms with Crippen molar-refractivity contribution >= 4 is 38.7 Å². The third kappa shape index (κ3) is 3.42. The molecule has 6 heteroatoms. The second kappa shape index (κ2) is 6.74. The number of carbonyl (C=O) groups is 2. The number of carboxylic acids is 1. The Morgan fingerprint density at radius 3 is 2.87 bits per heavy atom. The number of nitrogens with one attached hydrogen (secondary N) is 1. The van der Waals surface area contributed by atoms with Crippen molar-refractivity contribution in [3.05, 3.63) is 34.4 Å². The van der Waals surface area contributed by atoms with E-state index in [1.807, 2.05) is 29.2 Å². The molecule has 3 rings (SSSR count). The van der Waals surface area contributed by atoms with Crippen molar-refractivity contribution in [2.24, 2.45) is 5.92 Å². The average Bonchev–Trinajstić information content (AvgIpc) is 2.90. The van der Waals surface area contributed by atoms with Gasteiger partial charge in [-0.05, 0) is 47.2 Å². The molecule has 1 atom stereocenters. The van der Waals surface area contributed by atoms with Gasteiger partial charge in [-0.2, -0.15) is 0 Å². The molecular weight excluding hydrogens is 360 g/mol. The molecule has 1 aliphatic heterocycles. The maximum absolute atomic E-state index is 12.8. The summed E-state index contributed by atoms with van der Waals surface area (Å²) in [6.07, 6.45) is 2.72. The van der Waals surface area contributed by atoms with E-state index >= 15 is 0 Å². The molecule has 5 nitrogen and oxygen atoms in total. The Kier molecular flexibility index (Phi) is 4.71. The Morgan fingerprint density at radius 2 is 2.13 bits per heavy atom. The number of rotatable bonds is 4. The zero-order valence-corrected chi connectivity index (χ0v) is 14.3. The molecular formula is C17H19BrN2O3. The fraction of sp³-hybridized carbons (Fsp3) is 0.412. The zero-order valence-electron chi connectivity index (χ0n) is 12.7. The number of halogens is 1. The van der Waals surface area contributed by atoms with Crippen LogP contribution in [0.15, 0.2) is 28.7 Å². The van der Waals surface area contributed by atoms with Crippen molar-refractivity contribution < 1.29 is 14.7 Å². The molecule has 2 N–H and O–H groups in total. The number of nitrogens with zero attached hydrogens (tertiary/aromatic N) is 1. The number of H-pyrrole nitrogens is 1. The molecule has 1 aliphatic rings. The number of piperidine rings is 1. The number of hydrogen-bond donors (Lipinski definition) is 2. The van der Waals surface area contributed by atoms with Crippen LogP contribution in [0.2, 0.25) is 0 Å². The van der Waals surface area contributed by atoms with Crippen LogP contribution in [-0.2, 0) is 4.79 Å². The highest BCUT2D eigenvalue weighted by Gasteiger charge is 2.27. The summed E-state index contributed by atoms with van der Waals surface area (Å²) in [4.78, 5) is 28.6. The Labute approximate surface area is 142 Å². The van der Waals surface area contributed by atoms with Crippen molar-refractivity contribution in [1.29, 1.82) is 0 Å². The molecule has 23 heavy (non-hydrogen) atoms. The molecule has 122 valence electrons. The van der Waals surface area contributed by atoms with Gasteiger partial charge in [0.15, 0.2) is 0 Å². The maximum Gasteiger partial charge on any atom is 0.303 e. The summed E-state index contributed by atoms with van der Waals surface area (Å²) in [5.74, 6) is -0.521. The normalized spacial score (nSPS) is 18.3. The fourth-order valence-electron chi connectivity index (χ4n) is 3.23. The molecule has 0 aliphatic carbocycles. The van der Waals surface area contributed by atoms with Gasteiger partial charge < -0.3 is 15.0 Å². The molecule has 1 aromatic heterocycles. The van der Waals surface area contributed by atoms with E-state index in [-0.39, 0.29) is 18.2 Å². The third-order valence-corrected chi connectivity index (χ3v) is 5.25. The number of hydrogen-bond acceptors (Lipinski definition) is 2. The van der Waals surface area contributed by atoms with Crippen molar-refractivity contribution in [2.75, 3.05) is 13.1 Å². The van der Waals surface area contributed by atoms with Crippen LogP contribution in [0.4, 0.5) is 0 Å². The topological polar surface area (TPSA) is 73.4 Å². The van der Waals surface area contributed by atoms with E-state index in [1.165, 1.54) is 0 Å². The standard InChI is InChI=1S/C17H19BrN2O3/c18-15-12-5-1-2-6-13(12)19-16(15)17(23)20-9-3-4-11(10-20)7-8-14(21)22/h1-2,5-6,11,19H,3-4,7-10H2,(H,21,22)/t11-/m1/s1. The number of carboxylic acid groups (broad SMARTS) is 1. The van der Waals surface area contributed by atoms with Crippen LogP contribution in [0.25, 0.3) is 10.9 Å². The Bertz CT molecular complexity index is 741. The second-order valence-corrected chi connectivity index (χ2v) is 6.84. The fourth-order valence-corrected chi connectivity index (χ4v) is 3.84. The summed E-state index contributed by atoms with van der Waals surface area (Å²) >= 11 is 3.53. The van der Waals surface area contributed by atoms with E-state index in [0.717, 1.165) is 34.8 Å².